The lowest BCUT2D eigenvalue weighted by molar-refractivity contribution is -0.119. The third-order valence-corrected chi connectivity index (χ3v) is 4.72. The van der Waals surface area contributed by atoms with Gasteiger partial charge in [-0.2, -0.15) is 0 Å². The number of nitrogens with zero attached hydrogens (tertiary/aromatic N) is 1. The van der Waals surface area contributed by atoms with E-state index in [1.165, 1.54) is 6.92 Å². The van der Waals surface area contributed by atoms with Crippen LogP contribution in [0.1, 0.15) is 6.92 Å². The monoisotopic (exact) mass is 383 g/mol. The third kappa shape index (κ3) is 3.82. The summed E-state index contributed by atoms with van der Waals surface area (Å²) in [4.78, 5) is 11.3. The van der Waals surface area contributed by atoms with Gasteiger partial charge in [-0.1, -0.05) is 0 Å². The number of hydrogen-bond donors (Lipinski definition) is 2. The maximum Gasteiger partial charge on any atom is 0.254 e. The highest BCUT2D eigenvalue weighted by atomic mass is 127. The topological polar surface area (TPSA) is 92.5 Å². The summed E-state index contributed by atoms with van der Waals surface area (Å²) in [5.41, 5.74) is 2.37. The minimum atomic E-state index is -3.52. The minimum Gasteiger partial charge on any atom is -0.293 e. The van der Waals surface area contributed by atoms with E-state index in [0.717, 1.165) is 7.88 Å². The summed E-state index contributed by atoms with van der Waals surface area (Å²) >= 11 is 2.12. The van der Waals surface area contributed by atoms with Crippen molar-refractivity contribution in [2.75, 3.05) is 16.6 Å². The molecule has 1 rings (SSSR count). The number of hydrazine groups is 1. The van der Waals surface area contributed by atoms with Gasteiger partial charge in [0.05, 0.1) is 11.4 Å². The predicted octanol–water partition coefficient (Wildman–Crippen LogP) is 0.437. The van der Waals surface area contributed by atoms with Gasteiger partial charge >= 0.3 is 0 Å². The van der Waals surface area contributed by atoms with Gasteiger partial charge in [0.2, 0.25) is 10.0 Å². The molecule has 0 saturated heterocycles. The second kappa shape index (κ2) is 6.34. The van der Waals surface area contributed by atoms with E-state index >= 15 is 0 Å². The molecule has 0 aromatic heterocycles. The quantitative estimate of drug-likeness (QED) is 0.334. The Bertz CT molecular complexity index is 516. The molecule has 0 bridgehead atoms. The van der Waals surface area contributed by atoms with Gasteiger partial charge in [-0.3, -0.25) is 14.5 Å². The Balaban J connectivity index is 3.12. The van der Waals surface area contributed by atoms with E-state index in [9.17, 15) is 13.2 Å². The minimum absolute atomic E-state index is 0.0865. The Morgan fingerprint density at radius 1 is 1.39 bits per heavy atom. The van der Waals surface area contributed by atoms with E-state index in [0.29, 0.717) is 5.69 Å². The maximum absolute atomic E-state index is 11.9. The number of nitrogens with two attached hydrogens (primary N) is 1. The molecule has 0 atom stereocenters. The molecule has 0 heterocycles. The maximum atomic E-state index is 11.9. The molecule has 0 unspecified atom stereocenters. The van der Waals surface area contributed by atoms with Gasteiger partial charge in [-0.05, 0) is 53.8 Å². The summed E-state index contributed by atoms with van der Waals surface area (Å²) < 4.78 is 25.9. The summed E-state index contributed by atoms with van der Waals surface area (Å²) in [6, 6.07) is 6.85. The Kier molecular flexibility index (Phi) is 5.35. The number of carbonyl (C=O) groups is 1. The first-order chi connectivity index (χ1) is 8.40. The largest absolute Gasteiger partial charge is 0.293 e. The zero-order valence-corrected chi connectivity index (χ0v) is 12.7. The highest BCUT2D eigenvalue weighted by Gasteiger charge is 2.22. The molecule has 0 saturated carbocycles. The van der Waals surface area contributed by atoms with Crippen LogP contribution in [0.4, 0.5) is 5.69 Å². The van der Waals surface area contributed by atoms with Crippen LogP contribution in [0.3, 0.4) is 0 Å². The molecule has 18 heavy (non-hydrogen) atoms. The molecule has 1 amide bonds. The van der Waals surface area contributed by atoms with Gasteiger partial charge in [-0.15, -0.1) is 0 Å². The first-order valence-corrected chi connectivity index (χ1v) is 7.85. The summed E-state index contributed by atoms with van der Waals surface area (Å²) in [7, 11) is -3.52. The second-order valence-electron chi connectivity index (χ2n) is 3.45. The van der Waals surface area contributed by atoms with Crippen molar-refractivity contribution in [3.05, 3.63) is 27.8 Å². The van der Waals surface area contributed by atoms with E-state index in [2.05, 4.69) is 22.6 Å². The van der Waals surface area contributed by atoms with Crippen molar-refractivity contribution >= 4 is 44.2 Å². The first-order valence-electron chi connectivity index (χ1n) is 5.16. The Morgan fingerprint density at radius 3 is 2.39 bits per heavy atom. The van der Waals surface area contributed by atoms with Gasteiger partial charge in [0.25, 0.3) is 5.91 Å². The number of benzene rings is 1. The number of carbonyl (C=O) groups excluding carboxylic acids is 1. The van der Waals surface area contributed by atoms with E-state index in [-0.39, 0.29) is 12.3 Å². The van der Waals surface area contributed by atoms with Crippen molar-refractivity contribution in [2.45, 2.75) is 6.92 Å². The second-order valence-corrected chi connectivity index (χ2v) is 6.88. The van der Waals surface area contributed by atoms with Crippen LogP contribution < -0.4 is 15.6 Å². The van der Waals surface area contributed by atoms with E-state index in [4.69, 9.17) is 5.84 Å². The molecule has 0 radical (unpaired) electrons. The predicted molar refractivity (Wildman–Crippen MR) is 78.3 cm³/mol. The van der Waals surface area contributed by atoms with Crippen LogP contribution in [0.2, 0.25) is 0 Å². The zero-order valence-electron chi connectivity index (χ0n) is 9.76. The SMILES string of the molecule is CCS(=O)(=O)N(CC(=O)NN)c1ccc(I)cc1. The van der Waals surface area contributed by atoms with E-state index < -0.39 is 15.9 Å². The van der Waals surface area contributed by atoms with Crippen LogP contribution in [0, 0.1) is 3.57 Å². The molecule has 0 spiro atoms. The van der Waals surface area contributed by atoms with Crippen molar-refractivity contribution in [1.29, 1.82) is 0 Å². The fourth-order valence-corrected chi connectivity index (χ4v) is 2.72. The fourth-order valence-electron chi connectivity index (χ4n) is 1.29. The third-order valence-electron chi connectivity index (χ3n) is 2.26. The van der Waals surface area contributed by atoms with Crippen LogP contribution in [0.5, 0.6) is 0 Å². The van der Waals surface area contributed by atoms with Crippen molar-refractivity contribution in [1.82, 2.24) is 5.43 Å². The average molecular weight is 383 g/mol. The van der Waals surface area contributed by atoms with Crippen molar-refractivity contribution < 1.29 is 13.2 Å². The van der Waals surface area contributed by atoms with Crippen molar-refractivity contribution in [2.24, 2.45) is 5.84 Å². The van der Waals surface area contributed by atoms with Crippen molar-refractivity contribution in [3.8, 4) is 0 Å². The molecule has 3 N–H and O–H groups in total. The van der Waals surface area contributed by atoms with Gasteiger partial charge in [0.1, 0.15) is 6.54 Å². The molecular weight excluding hydrogens is 369 g/mol. The highest BCUT2D eigenvalue weighted by molar-refractivity contribution is 14.1. The number of anilines is 1. The molecule has 0 aliphatic heterocycles. The van der Waals surface area contributed by atoms with Crippen molar-refractivity contribution in [3.63, 3.8) is 0 Å². The number of hydrogen-bond acceptors (Lipinski definition) is 4. The molecule has 1 aromatic carbocycles. The molecule has 0 fully saturated rings. The van der Waals surface area contributed by atoms with Crippen LogP contribution in [-0.4, -0.2) is 26.6 Å². The lowest BCUT2D eigenvalue weighted by atomic mass is 10.3. The smallest absolute Gasteiger partial charge is 0.254 e. The molecule has 6 nitrogen and oxygen atoms in total. The Morgan fingerprint density at radius 2 is 1.94 bits per heavy atom. The Labute approximate surface area is 120 Å². The molecule has 8 heteroatoms. The number of sulfonamides is 1. The van der Waals surface area contributed by atoms with E-state index in [1.54, 1.807) is 24.3 Å². The Hall–Kier alpha value is -0.870. The zero-order chi connectivity index (χ0) is 13.8. The number of amides is 1. The molecular formula is C10H14IN3O3S. The number of rotatable bonds is 5. The standard InChI is InChI=1S/C10H14IN3O3S/c1-2-18(16,17)14(7-10(15)13-12)9-5-3-8(11)4-6-9/h3-6H,2,7,12H2,1H3,(H,13,15). The van der Waals surface area contributed by atoms with Gasteiger partial charge < -0.3 is 0 Å². The van der Waals surface area contributed by atoms with E-state index in [1.807, 2.05) is 5.43 Å². The lowest BCUT2D eigenvalue weighted by Gasteiger charge is -2.22. The van der Waals surface area contributed by atoms with Crippen LogP contribution in [0.25, 0.3) is 0 Å². The highest BCUT2D eigenvalue weighted by Crippen LogP contribution is 2.19. The van der Waals surface area contributed by atoms with Crippen LogP contribution in [0.15, 0.2) is 24.3 Å². The lowest BCUT2D eigenvalue weighted by Crippen LogP contribution is -2.43. The average Bonchev–Trinajstić information content (AvgIpc) is 2.36. The number of nitrogens with one attached hydrogen (secondary N) is 1. The van der Waals surface area contributed by atoms with Crippen LogP contribution in [-0.2, 0) is 14.8 Å². The van der Waals surface area contributed by atoms with Gasteiger partial charge in [0, 0.05) is 3.57 Å². The van der Waals surface area contributed by atoms with Gasteiger partial charge in [0.15, 0.2) is 0 Å². The fraction of sp³-hybridized carbons (Fsp3) is 0.300. The summed E-state index contributed by atoms with van der Waals surface area (Å²) in [6.07, 6.45) is 0. The van der Waals surface area contributed by atoms with Gasteiger partial charge in [-0.25, -0.2) is 14.3 Å². The molecule has 0 aliphatic carbocycles. The summed E-state index contributed by atoms with van der Waals surface area (Å²) in [6.45, 7) is 1.20. The molecule has 1 aromatic rings. The summed E-state index contributed by atoms with van der Waals surface area (Å²) in [5.74, 6) is 4.33. The first kappa shape index (κ1) is 15.2. The molecule has 100 valence electrons. The van der Waals surface area contributed by atoms with Crippen LogP contribution >= 0.6 is 22.6 Å². The number of halogens is 1. The summed E-state index contributed by atoms with van der Waals surface area (Å²) in [5, 5.41) is 0. The molecule has 0 aliphatic rings. The normalized spacial score (nSPS) is 11.1.